The molecule has 11 heteroatoms. The maximum atomic E-state index is 12.2. The minimum absolute atomic E-state index is 0. The predicted molar refractivity (Wildman–Crippen MR) is 97.2 cm³/mol. The zero-order valence-electron chi connectivity index (χ0n) is 14.4. The number of carboxylic acid groups (broad SMARTS) is 1. The SMILES string of the molecule is C[C@H](NC(=O)OCc1ccccc1)C(=O)NC(C(=O)O)C1CC(=O)NC1=O.[NaH]. The summed E-state index contributed by atoms with van der Waals surface area (Å²) in [6.07, 6.45) is -1.20. The van der Waals surface area contributed by atoms with Crippen LogP contribution >= 0.6 is 0 Å². The van der Waals surface area contributed by atoms with E-state index in [1.54, 1.807) is 24.3 Å². The molecule has 4 amide bonds. The number of benzene rings is 1. The van der Waals surface area contributed by atoms with Gasteiger partial charge in [0.05, 0.1) is 5.92 Å². The number of carboxylic acids is 1. The molecule has 0 radical (unpaired) electrons. The maximum absolute atomic E-state index is 12.2. The molecule has 1 aliphatic rings. The number of nitrogens with one attached hydrogen (secondary N) is 3. The molecule has 1 aromatic carbocycles. The molecule has 1 aromatic rings. The molecular formula is C17H20N3NaO7. The van der Waals surface area contributed by atoms with E-state index in [-0.39, 0.29) is 42.6 Å². The van der Waals surface area contributed by atoms with Gasteiger partial charge >= 0.3 is 41.6 Å². The molecule has 146 valence electrons. The number of hydrogen-bond donors (Lipinski definition) is 4. The summed E-state index contributed by atoms with van der Waals surface area (Å²) in [4.78, 5) is 58.2. The number of carbonyl (C=O) groups is 5. The van der Waals surface area contributed by atoms with Crippen molar-refractivity contribution in [2.75, 3.05) is 0 Å². The van der Waals surface area contributed by atoms with Crippen LogP contribution in [0.5, 0.6) is 0 Å². The van der Waals surface area contributed by atoms with Crippen molar-refractivity contribution in [3.05, 3.63) is 35.9 Å². The molecule has 1 fully saturated rings. The Hall–Kier alpha value is -2.43. The van der Waals surface area contributed by atoms with Gasteiger partial charge in [-0.05, 0) is 12.5 Å². The first-order chi connectivity index (χ1) is 12.8. The standard InChI is InChI=1S/C17H19N3O7.Na.H/c1-9(18-17(26)27-8-10-5-3-2-4-6-10)14(22)20-13(16(24)25)11-7-12(21)19-15(11)23;;/h2-6,9,11,13H,7-8H2,1H3,(H,18,26)(H,20,22)(H,24,25)(H,19,21,23);;/t9-,11?,13?;;/m0../s1. The summed E-state index contributed by atoms with van der Waals surface area (Å²) < 4.78 is 4.98. The van der Waals surface area contributed by atoms with E-state index in [9.17, 15) is 29.1 Å². The molecule has 0 saturated carbocycles. The molecular weight excluding hydrogens is 381 g/mol. The second kappa shape index (κ2) is 10.8. The molecule has 0 bridgehead atoms. The van der Waals surface area contributed by atoms with Crippen LogP contribution < -0.4 is 16.0 Å². The Morgan fingerprint density at radius 1 is 1.21 bits per heavy atom. The number of imide groups is 1. The van der Waals surface area contributed by atoms with Gasteiger partial charge in [-0.15, -0.1) is 0 Å². The molecule has 1 aliphatic heterocycles. The number of ether oxygens (including phenoxy) is 1. The second-order valence-corrected chi connectivity index (χ2v) is 5.98. The van der Waals surface area contributed by atoms with E-state index >= 15 is 0 Å². The molecule has 1 saturated heterocycles. The first-order valence-electron chi connectivity index (χ1n) is 8.12. The van der Waals surface area contributed by atoms with Gasteiger partial charge < -0.3 is 20.5 Å². The monoisotopic (exact) mass is 401 g/mol. The zero-order valence-corrected chi connectivity index (χ0v) is 14.4. The Morgan fingerprint density at radius 3 is 2.39 bits per heavy atom. The van der Waals surface area contributed by atoms with Crippen LogP contribution in [0.4, 0.5) is 4.79 Å². The van der Waals surface area contributed by atoms with Gasteiger partial charge in [-0.3, -0.25) is 19.7 Å². The summed E-state index contributed by atoms with van der Waals surface area (Å²) in [5.74, 6) is -4.88. The van der Waals surface area contributed by atoms with Crippen LogP contribution in [0, 0.1) is 5.92 Å². The molecule has 1 heterocycles. The fraction of sp³-hybridized carbons (Fsp3) is 0.353. The second-order valence-electron chi connectivity index (χ2n) is 5.98. The molecule has 0 aliphatic carbocycles. The minimum atomic E-state index is -1.59. The van der Waals surface area contributed by atoms with Gasteiger partial charge in [0.15, 0.2) is 0 Å². The molecule has 0 spiro atoms. The molecule has 28 heavy (non-hydrogen) atoms. The van der Waals surface area contributed by atoms with Crippen molar-refractivity contribution in [3.63, 3.8) is 0 Å². The Labute approximate surface area is 182 Å². The van der Waals surface area contributed by atoms with Crippen LogP contribution in [-0.4, -0.2) is 76.5 Å². The first-order valence-corrected chi connectivity index (χ1v) is 8.12. The number of alkyl carbamates (subject to hydrolysis) is 1. The number of amides is 4. The van der Waals surface area contributed by atoms with Crippen molar-refractivity contribution in [1.82, 2.24) is 16.0 Å². The number of aliphatic carboxylic acids is 1. The molecule has 2 rings (SSSR count). The molecule has 3 atom stereocenters. The molecule has 10 nitrogen and oxygen atoms in total. The average molecular weight is 401 g/mol. The van der Waals surface area contributed by atoms with E-state index < -0.39 is 47.8 Å². The summed E-state index contributed by atoms with van der Waals surface area (Å²) in [6, 6.07) is 6.19. The van der Waals surface area contributed by atoms with Crippen LogP contribution in [-0.2, 0) is 30.5 Å². The van der Waals surface area contributed by atoms with Gasteiger partial charge in [0.1, 0.15) is 18.7 Å². The molecule has 4 N–H and O–H groups in total. The summed E-state index contributed by atoms with van der Waals surface area (Å²) in [5.41, 5.74) is 0.757. The van der Waals surface area contributed by atoms with Gasteiger partial charge in [-0.1, -0.05) is 30.3 Å². The summed E-state index contributed by atoms with van der Waals surface area (Å²) in [6.45, 7) is 1.33. The quantitative estimate of drug-likeness (QED) is 0.334. The predicted octanol–water partition coefficient (Wildman–Crippen LogP) is -1.12. The molecule has 2 unspecified atom stereocenters. The third kappa shape index (κ3) is 6.63. The van der Waals surface area contributed by atoms with E-state index in [0.29, 0.717) is 0 Å². The van der Waals surface area contributed by atoms with Crippen LogP contribution in [0.1, 0.15) is 18.9 Å². The Kier molecular flexibility index (Phi) is 9.10. The normalized spacial score (nSPS) is 17.5. The Balaban J connectivity index is 0.00000392. The Bertz CT molecular complexity index is 756. The van der Waals surface area contributed by atoms with E-state index in [1.165, 1.54) is 6.92 Å². The van der Waals surface area contributed by atoms with Crippen LogP contribution in [0.15, 0.2) is 30.3 Å². The van der Waals surface area contributed by atoms with Gasteiger partial charge in [0.2, 0.25) is 17.7 Å². The third-order valence-corrected chi connectivity index (χ3v) is 3.91. The van der Waals surface area contributed by atoms with Gasteiger partial charge in [-0.2, -0.15) is 0 Å². The van der Waals surface area contributed by atoms with Crippen molar-refractivity contribution in [3.8, 4) is 0 Å². The summed E-state index contributed by atoms with van der Waals surface area (Å²) >= 11 is 0. The zero-order chi connectivity index (χ0) is 20.0. The summed E-state index contributed by atoms with van der Waals surface area (Å²) in [5, 5.41) is 15.7. The average Bonchev–Trinajstić information content (AvgIpc) is 2.96. The van der Waals surface area contributed by atoms with Crippen molar-refractivity contribution in [2.45, 2.75) is 32.0 Å². The van der Waals surface area contributed by atoms with Gasteiger partial charge in [-0.25, -0.2) is 9.59 Å². The van der Waals surface area contributed by atoms with Gasteiger partial charge in [0.25, 0.3) is 0 Å². The number of rotatable bonds is 7. The van der Waals surface area contributed by atoms with Crippen molar-refractivity contribution >= 4 is 59.3 Å². The van der Waals surface area contributed by atoms with Crippen molar-refractivity contribution in [2.24, 2.45) is 5.92 Å². The van der Waals surface area contributed by atoms with E-state index in [4.69, 9.17) is 4.74 Å². The topological polar surface area (TPSA) is 151 Å². The Morgan fingerprint density at radius 2 is 1.86 bits per heavy atom. The number of hydrogen-bond acceptors (Lipinski definition) is 6. The van der Waals surface area contributed by atoms with Crippen LogP contribution in [0.2, 0.25) is 0 Å². The first kappa shape index (κ1) is 23.6. The van der Waals surface area contributed by atoms with Crippen LogP contribution in [0.3, 0.4) is 0 Å². The van der Waals surface area contributed by atoms with Crippen LogP contribution in [0.25, 0.3) is 0 Å². The fourth-order valence-electron chi connectivity index (χ4n) is 2.46. The van der Waals surface area contributed by atoms with Crippen molar-refractivity contribution < 1.29 is 33.8 Å². The summed E-state index contributed by atoms with van der Waals surface area (Å²) in [7, 11) is 0. The van der Waals surface area contributed by atoms with Gasteiger partial charge in [0, 0.05) is 6.42 Å². The van der Waals surface area contributed by atoms with E-state index in [2.05, 4.69) is 10.6 Å². The number of carbonyl (C=O) groups excluding carboxylic acids is 4. The molecule has 0 aromatic heterocycles. The van der Waals surface area contributed by atoms with Crippen molar-refractivity contribution in [1.29, 1.82) is 0 Å². The fourth-order valence-corrected chi connectivity index (χ4v) is 2.46. The third-order valence-electron chi connectivity index (χ3n) is 3.91. The van der Waals surface area contributed by atoms with E-state index in [0.717, 1.165) is 5.56 Å². The van der Waals surface area contributed by atoms with E-state index in [1.807, 2.05) is 11.4 Å².